The quantitative estimate of drug-likeness (QED) is 0.778. The molecule has 18 heavy (non-hydrogen) atoms. The zero-order valence-electron chi connectivity index (χ0n) is 11.6. The summed E-state index contributed by atoms with van der Waals surface area (Å²) in [7, 11) is 0. The summed E-state index contributed by atoms with van der Waals surface area (Å²) in [6, 6.07) is 0.550. The Morgan fingerprint density at radius 3 is 2.50 bits per heavy atom. The third-order valence-electron chi connectivity index (χ3n) is 4.04. The van der Waals surface area contributed by atoms with Crippen LogP contribution in [-0.2, 0) is 4.79 Å². The Labute approximate surface area is 110 Å². The zero-order chi connectivity index (χ0) is 13.1. The Morgan fingerprint density at radius 1 is 1.33 bits per heavy atom. The number of rotatable bonds is 4. The monoisotopic (exact) mass is 250 g/mol. The molecular weight excluding hydrogens is 224 g/mol. The van der Waals surface area contributed by atoms with Crippen molar-refractivity contribution in [2.24, 2.45) is 17.6 Å². The van der Waals surface area contributed by atoms with Crippen molar-refractivity contribution in [3.63, 3.8) is 0 Å². The van der Waals surface area contributed by atoms with Gasteiger partial charge in [-0.15, -0.1) is 0 Å². The molecular formula is C15H26N2O. The van der Waals surface area contributed by atoms with Gasteiger partial charge in [-0.3, -0.25) is 4.79 Å². The molecule has 0 aromatic heterocycles. The van der Waals surface area contributed by atoms with Gasteiger partial charge < -0.3 is 10.6 Å². The van der Waals surface area contributed by atoms with Crippen LogP contribution in [0.25, 0.3) is 0 Å². The number of carbonyl (C=O) groups is 1. The molecule has 0 bridgehead atoms. The molecule has 0 spiro atoms. The van der Waals surface area contributed by atoms with Crippen LogP contribution in [0.5, 0.6) is 0 Å². The third kappa shape index (κ3) is 3.14. The molecule has 2 aliphatic carbocycles. The van der Waals surface area contributed by atoms with Gasteiger partial charge in [-0.05, 0) is 25.2 Å². The van der Waals surface area contributed by atoms with Crippen molar-refractivity contribution in [2.45, 2.75) is 58.0 Å². The normalized spacial score (nSPS) is 28.2. The maximum atomic E-state index is 12.6. The van der Waals surface area contributed by atoms with Crippen molar-refractivity contribution in [2.75, 3.05) is 6.54 Å². The first-order chi connectivity index (χ1) is 8.58. The SMILES string of the molecule is CC(C)CN(C(=O)C1C=CC(N)C1)C1CCCC1. The Bertz CT molecular complexity index is 318. The average molecular weight is 250 g/mol. The fourth-order valence-corrected chi connectivity index (χ4v) is 3.15. The first-order valence-corrected chi connectivity index (χ1v) is 7.32. The molecule has 2 N–H and O–H groups in total. The molecule has 0 aliphatic heterocycles. The van der Waals surface area contributed by atoms with Crippen LogP contribution in [-0.4, -0.2) is 29.4 Å². The summed E-state index contributed by atoms with van der Waals surface area (Å²) in [6.45, 7) is 5.26. The molecule has 0 heterocycles. The summed E-state index contributed by atoms with van der Waals surface area (Å²) in [5.41, 5.74) is 5.86. The van der Waals surface area contributed by atoms with E-state index in [1.165, 1.54) is 25.7 Å². The molecule has 0 aromatic rings. The summed E-state index contributed by atoms with van der Waals surface area (Å²) in [5, 5.41) is 0. The predicted octanol–water partition coefficient (Wildman–Crippen LogP) is 2.32. The maximum Gasteiger partial charge on any atom is 0.229 e. The lowest BCUT2D eigenvalue weighted by molar-refractivity contribution is -0.137. The minimum atomic E-state index is 0.0272. The van der Waals surface area contributed by atoms with Gasteiger partial charge >= 0.3 is 0 Å². The van der Waals surface area contributed by atoms with E-state index in [2.05, 4.69) is 18.7 Å². The molecule has 2 atom stereocenters. The van der Waals surface area contributed by atoms with Crippen molar-refractivity contribution < 1.29 is 4.79 Å². The lowest BCUT2D eigenvalue weighted by atomic mass is 10.0. The van der Waals surface area contributed by atoms with E-state index in [1.54, 1.807) is 0 Å². The van der Waals surface area contributed by atoms with E-state index in [1.807, 2.05) is 12.2 Å². The van der Waals surface area contributed by atoms with E-state index < -0.39 is 0 Å². The fraction of sp³-hybridized carbons (Fsp3) is 0.800. The number of hydrogen-bond acceptors (Lipinski definition) is 2. The summed E-state index contributed by atoms with van der Waals surface area (Å²) in [5.74, 6) is 0.868. The van der Waals surface area contributed by atoms with Gasteiger partial charge in [-0.25, -0.2) is 0 Å². The van der Waals surface area contributed by atoms with Gasteiger partial charge in [0.1, 0.15) is 0 Å². The number of nitrogens with zero attached hydrogens (tertiary/aromatic N) is 1. The summed E-state index contributed by atoms with van der Waals surface area (Å²) >= 11 is 0. The van der Waals surface area contributed by atoms with Crippen LogP contribution in [0, 0.1) is 11.8 Å². The second kappa shape index (κ2) is 5.87. The van der Waals surface area contributed by atoms with Crippen molar-refractivity contribution >= 4 is 5.91 Å². The zero-order valence-corrected chi connectivity index (χ0v) is 11.6. The van der Waals surface area contributed by atoms with Crippen molar-refractivity contribution in [1.29, 1.82) is 0 Å². The molecule has 2 rings (SSSR count). The molecule has 0 aromatic carbocycles. The summed E-state index contributed by atoms with van der Waals surface area (Å²) in [4.78, 5) is 14.8. The van der Waals surface area contributed by atoms with Gasteiger partial charge in [-0.2, -0.15) is 0 Å². The van der Waals surface area contributed by atoms with Crippen molar-refractivity contribution in [3.05, 3.63) is 12.2 Å². The van der Waals surface area contributed by atoms with E-state index in [0.29, 0.717) is 17.9 Å². The summed E-state index contributed by atoms with van der Waals surface area (Å²) < 4.78 is 0. The molecule has 2 unspecified atom stereocenters. The van der Waals surface area contributed by atoms with E-state index in [4.69, 9.17) is 5.73 Å². The first kappa shape index (κ1) is 13.6. The van der Waals surface area contributed by atoms with Crippen LogP contribution < -0.4 is 5.73 Å². The number of nitrogens with two attached hydrogens (primary N) is 1. The summed E-state index contributed by atoms with van der Waals surface area (Å²) in [6.07, 6.45) is 9.68. The van der Waals surface area contributed by atoms with Crippen molar-refractivity contribution in [1.82, 2.24) is 4.90 Å². The van der Waals surface area contributed by atoms with Crippen LogP contribution >= 0.6 is 0 Å². The highest BCUT2D eigenvalue weighted by molar-refractivity contribution is 5.81. The van der Waals surface area contributed by atoms with Crippen LogP contribution in [0.4, 0.5) is 0 Å². The van der Waals surface area contributed by atoms with E-state index >= 15 is 0 Å². The standard InChI is InChI=1S/C15H26N2O/c1-11(2)10-17(14-5-3-4-6-14)15(18)12-7-8-13(16)9-12/h7-8,11-14H,3-6,9-10,16H2,1-2H3. The van der Waals surface area contributed by atoms with Gasteiger partial charge in [-0.1, -0.05) is 38.8 Å². The predicted molar refractivity (Wildman–Crippen MR) is 74.0 cm³/mol. The highest BCUT2D eigenvalue weighted by atomic mass is 16.2. The number of amides is 1. The number of carbonyl (C=O) groups excluding carboxylic acids is 1. The van der Waals surface area contributed by atoms with E-state index in [0.717, 1.165) is 13.0 Å². The van der Waals surface area contributed by atoms with Crippen LogP contribution in [0.1, 0.15) is 46.0 Å². The minimum absolute atomic E-state index is 0.0272. The van der Waals surface area contributed by atoms with Gasteiger partial charge in [0.15, 0.2) is 0 Å². The lowest BCUT2D eigenvalue weighted by Gasteiger charge is -2.32. The molecule has 3 nitrogen and oxygen atoms in total. The van der Waals surface area contributed by atoms with Crippen LogP contribution in [0.15, 0.2) is 12.2 Å². The van der Waals surface area contributed by atoms with Crippen LogP contribution in [0.3, 0.4) is 0 Å². The van der Waals surface area contributed by atoms with Crippen LogP contribution in [0.2, 0.25) is 0 Å². The molecule has 1 fully saturated rings. The van der Waals surface area contributed by atoms with Gasteiger partial charge in [0.05, 0.1) is 5.92 Å². The average Bonchev–Trinajstić information content (AvgIpc) is 2.95. The highest BCUT2D eigenvalue weighted by Crippen LogP contribution is 2.28. The Hall–Kier alpha value is -0.830. The van der Waals surface area contributed by atoms with Gasteiger partial charge in [0.2, 0.25) is 5.91 Å². The number of hydrogen-bond donors (Lipinski definition) is 1. The molecule has 1 amide bonds. The Kier molecular flexibility index (Phi) is 4.44. The topological polar surface area (TPSA) is 46.3 Å². The maximum absolute atomic E-state index is 12.6. The molecule has 1 saturated carbocycles. The second-order valence-corrected chi connectivity index (χ2v) is 6.21. The highest BCUT2D eigenvalue weighted by Gasteiger charge is 2.32. The van der Waals surface area contributed by atoms with Gasteiger partial charge in [0, 0.05) is 18.6 Å². The molecule has 3 heteroatoms. The van der Waals surface area contributed by atoms with Crippen molar-refractivity contribution in [3.8, 4) is 0 Å². The largest absolute Gasteiger partial charge is 0.339 e. The van der Waals surface area contributed by atoms with E-state index in [-0.39, 0.29) is 12.0 Å². The molecule has 0 saturated heterocycles. The fourth-order valence-electron chi connectivity index (χ4n) is 3.15. The minimum Gasteiger partial charge on any atom is -0.339 e. The van der Waals surface area contributed by atoms with E-state index in [9.17, 15) is 4.79 Å². The smallest absolute Gasteiger partial charge is 0.229 e. The molecule has 102 valence electrons. The lowest BCUT2D eigenvalue weighted by Crippen LogP contribution is -2.44. The Morgan fingerprint density at radius 2 is 2.00 bits per heavy atom. The second-order valence-electron chi connectivity index (χ2n) is 6.21. The third-order valence-corrected chi connectivity index (χ3v) is 4.04. The molecule has 2 aliphatic rings. The van der Waals surface area contributed by atoms with Gasteiger partial charge in [0.25, 0.3) is 0 Å². The Balaban J connectivity index is 2.03. The first-order valence-electron chi connectivity index (χ1n) is 7.32. The molecule has 0 radical (unpaired) electrons.